The fourth-order valence-corrected chi connectivity index (χ4v) is 2.33. The van der Waals surface area contributed by atoms with Gasteiger partial charge in [-0.25, -0.2) is 0 Å². The van der Waals surface area contributed by atoms with E-state index in [-0.39, 0.29) is 6.04 Å². The molecule has 1 aromatic rings. The van der Waals surface area contributed by atoms with Gasteiger partial charge in [-0.15, -0.1) is 0 Å². The standard InChI is InChI=1S/C14H22N2O/c1-11-3-5-13(6-4-11)14(17)12(2)16-9-7-15-8-10-16/h3-6,12,14-15,17H,7-10H2,1-2H3. The van der Waals surface area contributed by atoms with Gasteiger partial charge in [0, 0.05) is 32.2 Å². The molecule has 2 N–H and O–H groups in total. The summed E-state index contributed by atoms with van der Waals surface area (Å²) in [5.74, 6) is 0. The van der Waals surface area contributed by atoms with E-state index in [0.717, 1.165) is 31.7 Å². The first kappa shape index (κ1) is 12.6. The van der Waals surface area contributed by atoms with Crippen molar-refractivity contribution >= 4 is 0 Å². The molecular weight excluding hydrogens is 212 g/mol. The molecule has 1 aromatic carbocycles. The fourth-order valence-electron chi connectivity index (χ4n) is 2.33. The number of hydrogen-bond acceptors (Lipinski definition) is 3. The summed E-state index contributed by atoms with van der Waals surface area (Å²) in [4.78, 5) is 2.35. The number of aliphatic hydroxyl groups is 1. The van der Waals surface area contributed by atoms with Gasteiger partial charge < -0.3 is 10.4 Å². The van der Waals surface area contributed by atoms with Crippen LogP contribution >= 0.6 is 0 Å². The number of nitrogens with one attached hydrogen (secondary N) is 1. The summed E-state index contributed by atoms with van der Waals surface area (Å²) >= 11 is 0. The Labute approximate surface area is 103 Å². The van der Waals surface area contributed by atoms with Crippen LogP contribution in [0.15, 0.2) is 24.3 Å². The summed E-state index contributed by atoms with van der Waals surface area (Å²) in [6.45, 7) is 8.25. The normalized spacial score (nSPS) is 21.1. The molecule has 0 aromatic heterocycles. The van der Waals surface area contributed by atoms with Crippen molar-refractivity contribution in [3.8, 4) is 0 Å². The van der Waals surface area contributed by atoms with Crippen molar-refractivity contribution in [2.24, 2.45) is 0 Å². The van der Waals surface area contributed by atoms with E-state index in [1.165, 1.54) is 5.56 Å². The van der Waals surface area contributed by atoms with Crippen molar-refractivity contribution in [2.75, 3.05) is 26.2 Å². The lowest BCUT2D eigenvalue weighted by molar-refractivity contribution is 0.0510. The highest BCUT2D eigenvalue weighted by Crippen LogP contribution is 2.21. The van der Waals surface area contributed by atoms with Crippen LogP contribution in [0.3, 0.4) is 0 Å². The molecule has 2 unspecified atom stereocenters. The summed E-state index contributed by atoms with van der Waals surface area (Å²) in [5, 5.41) is 13.7. The van der Waals surface area contributed by atoms with Crippen LogP contribution in [0.2, 0.25) is 0 Å². The van der Waals surface area contributed by atoms with Crippen LogP contribution in [0.4, 0.5) is 0 Å². The second-order valence-electron chi connectivity index (χ2n) is 4.88. The summed E-state index contributed by atoms with van der Waals surface area (Å²) in [6.07, 6.45) is -0.395. The molecule has 3 nitrogen and oxygen atoms in total. The highest BCUT2D eigenvalue weighted by molar-refractivity contribution is 5.24. The van der Waals surface area contributed by atoms with Crippen molar-refractivity contribution < 1.29 is 5.11 Å². The van der Waals surface area contributed by atoms with Crippen molar-refractivity contribution in [2.45, 2.75) is 26.0 Å². The van der Waals surface area contributed by atoms with Gasteiger partial charge in [0.05, 0.1) is 6.10 Å². The Morgan fingerprint density at radius 1 is 1.18 bits per heavy atom. The van der Waals surface area contributed by atoms with Crippen LogP contribution in [0.25, 0.3) is 0 Å². The predicted octanol–water partition coefficient (Wildman–Crippen LogP) is 1.32. The molecule has 2 atom stereocenters. The van der Waals surface area contributed by atoms with E-state index in [4.69, 9.17) is 0 Å². The van der Waals surface area contributed by atoms with E-state index in [2.05, 4.69) is 36.2 Å². The van der Waals surface area contributed by atoms with Crippen molar-refractivity contribution in [3.63, 3.8) is 0 Å². The molecular formula is C14H22N2O. The predicted molar refractivity (Wildman–Crippen MR) is 70.0 cm³/mol. The van der Waals surface area contributed by atoms with Crippen LogP contribution in [-0.4, -0.2) is 42.2 Å². The number of piperazine rings is 1. The van der Waals surface area contributed by atoms with Crippen molar-refractivity contribution in [3.05, 3.63) is 35.4 Å². The van der Waals surface area contributed by atoms with Crippen LogP contribution in [-0.2, 0) is 0 Å². The molecule has 0 spiro atoms. The first-order valence-electron chi connectivity index (χ1n) is 6.38. The van der Waals surface area contributed by atoms with Gasteiger partial charge in [0.15, 0.2) is 0 Å². The molecule has 94 valence electrons. The third-order valence-electron chi connectivity index (χ3n) is 3.60. The largest absolute Gasteiger partial charge is 0.387 e. The van der Waals surface area contributed by atoms with Crippen LogP contribution in [0.1, 0.15) is 24.2 Å². The Bertz CT molecular complexity index is 344. The maximum Gasteiger partial charge on any atom is 0.0942 e. The molecule has 0 aliphatic carbocycles. The summed E-state index contributed by atoms with van der Waals surface area (Å²) in [6, 6.07) is 8.35. The molecule has 2 rings (SSSR count). The van der Waals surface area contributed by atoms with Gasteiger partial charge in [0.1, 0.15) is 0 Å². The molecule has 0 amide bonds. The first-order chi connectivity index (χ1) is 8.18. The van der Waals surface area contributed by atoms with Gasteiger partial charge in [-0.1, -0.05) is 29.8 Å². The second-order valence-corrected chi connectivity index (χ2v) is 4.88. The third kappa shape index (κ3) is 3.06. The van der Waals surface area contributed by atoms with Gasteiger partial charge in [-0.2, -0.15) is 0 Å². The van der Waals surface area contributed by atoms with E-state index < -0.39 is 6.10 Å². The first-order valence-corrected chi connectivity index (χ1v) is 6.38. The number of aliphatic hydroxyl groups excluding tert-OH is 1. The van der Waals surface area contributed by atoms with E-state index in [1.807, 2.05) is 12.1 Å². The minimum atomic E-state index is -0.395. The average molecular weight is 234 g/mol. The molecule has 0 saturated carbocycles. The molecule has 17 heavy (non-hydrogen) atoms. The summed E-state index contributed by atoms with van der Waals surface area (Å²) in [5.41, 5.74) is 2.25. The van der Waals surface area contributed by atoms with Gasteiger partial charge >= 0.3 is 0 Å². The van der Waals surface area contributed by atoms with Gasteiger partial charge in [-0.3, -0.25) is 4.90 Å². The molecule has 1 aliphatic rings. The Hall–Kier alpha value is -0.900. The Morgan fingerprint density at radius 2 is 1.76 bits per heavy atom. The van der Waals surface area contributed by atoms with Crippen molar-refractivity contribution in [1.29, 1.82) is 0 Å². The van der Waals surface area contributed by atoms with Crippen LogP contribution in [0.5, 0.6) is 0 Å². The molecule has 0 bridgehead atoms. The summed E-state index contributed by atoms with van der Waals surface area (Å²) in [7, 11) is 0. The minimum absolute atomic E-state index is 0.180. The number of aryl methyl sites for hydroxylation is 1. The fraction of sp³-hybridized carbons (Fsp3) is 0.571. The van der Waals surface area contributed by atoms with E-state index >= 15 is 0 Å². The second kappa shape index (κ2) is 5.63. The third-order valence-corrected chi connectivity index (χ3v) is 3.60. The lowest BCUT2D eigenvalue weighted by Crippen LogP contribution is -2.49. The maximum atomic E-state index is 10.4. The smallest absolute Gasteiger partial charge is 0.0942 e. The lowest BCUT2D eigenvalue weighted by Gasteiger charge is -2.35. The SMILES string of the molecule is Cc1ccc(C(O)C(C)N2CCNCC2)cc1. The number of nitrogens with zero attached hydrogens (tertiary/aromatic N) is 1. The number of rotatable bonds is 3. The Kier molecular flexibility index (Phi) is 4.15. The zero-order valence-electron chi connectivity index (χ0n) is 10.7. The molecule has 1 heterocycles. The molecule has 1 fully saturated rings. The molecule has 3 heteroatoms. The van der Waals surface area contributed by atoms with E-state index in [9.17, 15) is 5.11 Å². The molecule has 1 aliphatic heterocycles. The topological polar surface area (TPSA) is 35.5 Å². The monoisotopic (exact) mass is 234 g/mol. The zero-order chi connectivity index (χ0) is 12.3. The summed E-state index contributed by atoms with van der Waals surface area (Å²) < 4.78 is 0. The average Bonchev–Trinajstić information content (AvgIpc) is 2.39. The van der Waals surface area contributed by atoms with Crippen molar-refractivity contribution in [1.82, 2.24) is 10.2 Å². The number of benzene rings is 1. The maximum absolute atomic E-state index is 10.4. The van der Waals surface area contributed by atoms with Gasteiger partial charge in [0.25, 0.3) is 0 Å². The van der Waals surface area contributed by atoms with Gasteiger partial charge in [-0.05, 0) is 19.4 Å². The minimum Gasteiger partial charge on any atom is -0.387 e. The van der Waals surface area contributed by atoms with Gasteiger partial charge in [0.2, 0.25) is 0 Å². The highest BCUT2D eigenvalue weighted by Gasteiger charge is 2.23. The van der Waals surface area contributed by atoms with Crippen LogP contribution < -0.4 is 5.32 Å². The quantitative estimate of drug-likeness (QED) is 0.828. The number of hydrogen-bond donors (Lipinski definition) is 2. The van der Waals surface area contributed by atoms with Crippen LogP contribution in [0, 0.1) is 6.92 Å². The lowest BCUT2D eigenvalue weighted by atomic mass is 10.0. The van der Waals surface area contributed by atoms with E-state index in [1.54, 1.807) is 0 Å². The molecule has 1 saturated heterocycles. The Morgan fingerprint density at radius 3 is 2.35 bits per heavy atom. The van der Waals surface area contributed by atoms with E-state index in [0.29, 0.717) is 0 Å². The molecule has 0 radical (unpaired) electrons. The highest BCUT2D eigenvalue weighted by atomic mass is 16.3. The zero-order valence-corrected chi connectivity index (χ0v) is 10.7. The Balaban J connectivity index is 2.02.